The van der Waals surface area contributed by atoms with Crippen molar-refractivity contribution < 1.29 is 0 Å². The molecule has 0 aliphatic carbocycles. The van der Waals surface area contributed by atoms with Crippen LogP contribution in [0.3, 0.4) is 0 Å². The third kappa shape index (κ3) is 23.1. The van der Waals surface area contributed by atoms with E-state index in [-0.39, 0.29) is 0 Å². The molecule has 0 bridgehead atoms. The Hall–Kier alpha value is 0.960. The smallest absolute Gasteiger partial charge is 0.0114 e. The summed E-state index contributed by atoms with van der Waals surface area (Å²) in [6.07, 6.45) is 2.44. The second kappa shape index (κ2) is 9.96. The molecule has 0 nitrogen and oxygen atoms in total. The number of hydrogen-bond acceptors (Lipinski definition) is 0. The van der Waals surface area contributed by atoms with Gasteiger partial charge >= 0.3 is 0 Å². The molecule has 0 aromatic carbocycles. The highest BCUT2D eigenvalue weighted by Crippen LogP contribution is 1.99. The Morgan fingerprint density at radius 2 is 1.00 bits per heavy atom. The summed E-state index contributed by atoms with van der Waals surface area (Å²) in [5, 5.41) is 0. The fourth-order valence-corrected chi connectivity index (χ4v) is 0. The van der Waals surface area contributed by atoms with Gasteiger partial charge in [0.25, 0.3) is 0 Å². The molecule has 10 heavy (non-hydrogen) atoms. The second-order valence-corrected chi connectivity index (χ2v) is 5.50. The van der Waals surface area contributed by atoms with Crippen LogP contribution in [-0.2, 0) is 0 Å². The summed E-state index contributed by atoms with van der Waals surface area (Å²) in [7, 11) is 0. The summed E-state index contributed by atoms with van der Waals surface area (Å²) in [6.45, 7) is 8.58. The van der Waals surface area contributed by atoms with Gasteiger partial charge in [-0.15, -0.1) is 0 Å². The molecular weight excluding hydrogens is 256 g/mol. The molecule has 64 valence electrons. The van der Waals surface area contributed by atoms with E-state index in [1.807, 2.05) is 0 Å². The zero-order valence-electron chi connectivity index (χ0n) is 7.32. The summed E-state index contributed by atoms with van der Waals surface area (Å²) in [4.78, 5) is 1.39. The van der Waals surface area contributed by atoms with Crippen LogP contribution in [0.5, 0.6) is 0 Å². The molecule has 0 spiro atoms. The van der Waals surface area contributed by atoms with Crippen LogP contribution in [-0.4, -0.2) is 9.65 Å². The summed E-state index contributed by atoms with van der Waals surface area (Å²) >= 11 is 6.75. The van der Waals surface area contributed by atoms with Crippen molar-refractivity contribution in [3.05, 3.63) is 0 Å². The van der Waals surface area contributed by atoms with Crippen molar-refractivity contribution in [1.29, 1.82) is 0 Å². The normalized spacial score (nSPS) is 15.0. The molecule has 0 aromatic heterocycles. The van der Waals surface area contributed by atoms with Gasteiger partial charge < -0.3 is 0 Å². The van der Waals surface area contributed by atoms with Crippen LogP contribution in [0.4, 0.5) is 0 Å². The van der Waals surface area contributed by atoms with Gasteiger partial charge in [0.05, 0.1) is 0 Å². The molecule has 0 rings (SSSR count). The molecule has 0 N–H and O–H groups in total. The van der Waals surface area contributed by atoms with Crippen LogP contribution in [0.15, 0.2) is 0 Å². The average Bonchev–Trinajstić information content (AvgIpc) is 1.89. The lowest BCUT2D eigenvalue weighted by atomic mass is 10.4. The lowest BCUT2D eigenvalue weighted by Gasteiger charge is -1.88. The molecule has 2 heteroatoms. The molecule has 0 amide bonds. The number of halogens is 2. The van der Waals surface area contributed by atoms with Gasteiger partial charge in [0.15, 0.2) is 0 Å². The Kier molecular flexibility index (Phi) is 13.5. The monoisotopic (exact) mass is 272 g/mol. The summed E-state index contributed by atoms with van der Waals surface area (Å²) in [5.41, 5.74) is 0. The zero-order valence-corrected chi connectivity index (χ0v) is 10.5. The molecule has 0 radical (unpaired) electrons. The second-order valence-electron chi connectivity index (χ2n) is 2.38. The molecule has 2 atom stereocenters. The average molecular weight is 274 g/mol. The van der Waals surface area contributed by atoms with E-state index in [2.05, 4.69) is 59.6 Å². The molecule has 2 unspecified atom stereocenters. The number of hydrogen-bond donors (Lipinski definition) is 0. The number of alkyl halides is 2. The minimum Gasteiger partial charge on any atom is -0.0894 e. The minimum atomic E-state index is 0.697. The first-order chi connectivity index (χ1) is 4.54. The van der Waals surface area contributed by atoms with Crippen molar-refractivity contribution >= 4 is 31.9 Å². The van der Waals surface area contributed by atoms with Crippen LogP contribution in [0, 0.1) is 0 Å². The Labute approximate surface area is 82.0 Å². The van der Waals surface area contributed by atoms with E-state index in [4.69, 9.17) is 0 Å². The summed E-state index contributed by atoms with van der Waals surface area (Å²) < 4.78 is 0. The maximum absolute atomic E-state index is 3.37. The fourth-order valence-electron chi connectivity index (χ4n) is 0. The van der Waals surface area contributed by atoms with Crippen LogP contribution in [0.1, 0.15) is 40.5 Å². The molecular formula is C8H18Br2. The van der Waals surface area contributed by atoms with Gasteiger partial charge in [-0.25, -0.2) is 0 Å². The first-order valence-corrected chi connectivity index (χ1v) is 5.65. The molecule has 0 aliphatic rings. The Bertz CT molecular complexity index is 43.2. The highest BCUT2D eigenvalue weighted by molar-refractivity contribution is 9.09. The van der Waals surface area contributed by atoms with Crippen molar-refractivity contribution in [1.82, 2.24) is 0 Å². The van der Waals surface area contributed by atoms with Gasteiger partial charge in [-0.3, -0.25) is 0 Å². The highest BCUT2D eigenvalue weighted by atomic mass is 79.9. The van der Waals surface area contributed by atoms with Gasteiger partial charge in [0.1, 0.15) is 0 Å². The SMILES string of the molecule is CCC(C)Br.CCC(C)Br. The minimum absolute atomic E-state index is 0.697. The lowest BCUT2D eigenvalue weighted by Crippen LogP contribution is -1.80. The van der Waals surface area contributed by atoms with Crippen molar-refractivity contribution in [3.8, 4) is 0 Å². The Morgan fingerprint density at radius 3 is 1.00 bits per heavy atom. The van der Waals surface area contributed by atoms with Crippen molar-refractivity contribution in [3.63, 3.8) is 0 Å². The maximum Gasteiger partial charge on any atom is 0.0114 e. The van der Waals surface area contributed by atoms with Crippen LogP contribution in [0.2, 0.25) is 0 Å². The van der Waals surface area contributed by atoms with E-state index in [1.165, 1.54) is 12.8 Å². The summed E-state index contributed by atoms with van der Waals surface area (Å²) in [5.74, 6) is 0. The van der Waals surface area contributed by atoms with Gasteiger partial charge in [-0.05, 0) is 12.8 Å². The third-order valence-electron chi connectivity index (χ3n) is 1.13. The van der Waals surface area contributed by atoms with Crippen LogP contribution >= 0.6 is 31.9 Å². The third-order valence-corrected chi connectivity index (χ3v) is 2.42. The molecule has 0 heterocycles. The van der Waals surface area contributed by atoms with E-state index < -0.39 is 0 Å². The molecule has 0 saturated carbocycles. The van der Waals surface area contributed by atoms with Crippen LogP contribution < -0.4 is 0 Å². The van der Waals surface area contributed by atoms with Crippen molar-refractivity contribution in [2.75, 3.05) is 0 Å². The number of rotatable bonds is 2. The van der Waals surface area contributed by atoms with Gasteiger partial charge in [-0.2, -0.15) is 0 Å². The van der Waals surface area contributed by atoms with Gasteiger partial charge in [0, 0.05) is 9.65 Å². The zero-order chi connectivity index (χ0) is 8.57. The predicted octanol–water partition coefficient (Wildman–Crippen LogP) is 4.36. The predicted molar refractivity (Wildman–Crippen MR) is 57.4 cm³/mol. The standard InChI is InChI=1S/2C4H9Br/c2*1-3-4(2)5/h2*4H,3H2,1-2H3. The van der Waals surface area contributed by atoms with E-state index in [0.29, 0.717) is 9.65 Å². The maximum atomic E-state index is 3.37. The summed E-state index contributed by atoms with van der Waals surface area (Å²) in [6, 6.07) is 0. The quantitative estimate of drug-likeness (QED) is 0.656. The topological polar surface area (TPSA) is 0 Å². The first-order valence-electron chi connectivity index (χ1n) is 3.82. The lowest BCUT2D eigenvalue weighted by molar-refractivity contribution is 0.922. The molecule has 0 saturated heterocycles. The molecule has 0 fully saturated rings. The largest absolute Gasteiger partial charge is 0.0894 e. The van der Waals surface area contributed by atoms with Crippen molar-refractivity contribution in [2.45, 2.75) is 50.2 Å². The molecule has 0 aliphatic heterocycles. The first kappa shape index (κ1) is 13.5. The molecule has 0 aromatic rings. The van der Waals surface area contributed by atoms with E-state index in [9.17, 15) is 0 Å². The Balaban J connectivity index is 0. The fraction of sp³-hybridized carbons (Fsp3) is 1.00. The van der Waals surface area contributed by atoms with Crippen LogP contribution in [0.25, 0.3) is 0 Å². The Morgan fingerprint density at radius 1 is 0.900 bits per heavy atom. The van der Waals surface area contributed by atoms with Crippen molar-refractivity contribution in [2.24, 2.45) is 0 Å². The van der Waals surface area contributed by atoms with E-state index >= 15 is 0 Å². The van der Waals surface area contributed by atoms with E-state index in [0.717, 1.165) is 0 Å². The van der Waals surface area contributed by atoms with E-state index in [1.54, 1.807) is 0 Å². The highest BCUT2D eigenvalue weighted by Gasteiger charge is 1.83. The van der Waals surface area contributed by atoms with Gasteiger partial charge in [-0.1, -0.05) is 59.6 Å². The van der Waals surface area contributed by atoms with Gasteiger partial charge in [0.2, 0.25) is 0 Å².